The Morgan fingerprint density at radius 3 is 2.75 bits per heavy atom. The topological polar surface area (TPSA) is 34.9 Å². The number of carbonyl (C=O) groups is 1. The van der Waals surface area contributed by atoms with Gasteiger partial charge >= 0.3 is 0 Å². The van der Waals surface area contributed by atoms with Gasteiger partial charge in [0.05, 0.1) is 5.69 Å². The van der Waals surface area contributed by atoms with Crippen molar-refractivity contribution in [2.45, 2.75) is 19.4 Å². The molecule has 0 aliphatic carbocycles. The van der Waals surface area contributed by atoms with E-state index in [9.17, 15) is 4.79 Å². The second-order valence-electron chi connectivity index (χ2n) is 4.03. The summed E-state index contributed by atoms with van der Waals surface area (Å²) in [5.74, 6) is 0.209. The number of aromatic nitrogens is 2. The van der Waals surface area contributed by atoms with E-state index in [0.717, 1.165) is 29.9 Å². The maximum atomic E-state index is 11.7. The zero-order valence-electron chi connectivity index (χ0n) is 8.89. The summed E-state index contributed by atoms with van der Waals surface area (Å²) >= 11 is 0. The van der Waals surface area contributed by atoms with Gasteiger partial charge in [-0.3, -0.25) is 9.48 Å². The van der Waals surface area contributed by atoms with Gasteiger partial charge in [0.15, 0.2) is 5.78 Å². The number of ketones is 1. The van der Waals surface area contributed by atoms with E-state index in [-0.39, 0.29) is 5.78 Å². The van der Waals surface area contributed by atoms with Crippen molar-refractivity contribution in [3.63, 3.8) is 0 Å². The number of aryl methyl sites for hydroxylation is 1. The zero-order valence-corrected chi connectivity index (χ0v) is 8.89. The summed E-state index contributed by atoms with van der Waals surface area (Å²) in [5.41, 5.74) is 2.72. The van der Waals surface area contributed by atoms with Crippen LogP contribution in [0.1, 0.15) is 23.3 Å². The zero-order chi connectivity index (χ0) is 11.0. The summed E-state index contributed by atoms with van der Waals surface area (Å²) in [5, 5.41) is 4.47. The molecule has 1 aromatic heterocycles. The van der Waals surface area contributed by atoms with Crippen LogP contribution in [0.4, 0.5) is 0 Å². The Hall–Kier alpha value is -1.90. The van der Waals surface area contributed by atoms with Crippen molar-refractivity contribution in [3.05, 3.63) is 42.1 Å². The van der Waals surface area contributed by atoms with Crippen molar-refractivity contribution in [1.29, 1.82) is 0 Å². The van der Waals surface area contributed by atoms with Gasteiger partial charge in [0.2, 0.25) is 0 Å². The molecule has 0 saturated carbocycles. The largest absolute Gasteiger partial charge is 0.292 e. The van der Waals surface area contributed by atoms with Crippen molar-refractivity contribution < 1.29 is 4.79 Å². The van der Waals surface area contributed by atoms with E-state index in [4.69, 9.17) is 0 Å². The van der Waals surface area contributed by atoms with Crippen LogP contribution < -0.4 is 0 Å². The lowest BCUT2D eigenvalue weighted by Crippen LogP contribution is -2.16. The number of hydrogen-bond donors (Lipinski definition) is 0. The normalized spacial score (nSPS) is 14.9. The number of fused-ring (bicyclic) bond motifs is 1. The lowest BCUT2D eigenvalue weighted by molar-refractivity contribution is 0.0951. The minimum absolute atomic E-state index is 0.209. The second kappa shape index (κ2) is 3.59. The quantitative estimate of drug-likeness (QED) is 0.728. The molecule has 0 bridgehead atoms. The van der Waals surface area contributed by atoms with Gasteiger partial charge in [-0.2, -0.15) is 5.10 Å². The Morgan fingerprint density at radius 2 is 2.00 bits per heavy atom. The molecule has 0 spiro atoms. The molecule has 16 heavy (non-hydrogen) atoms. The Kier molecular flexibility index (Phi) is 2.10. The average Bonchev–Trinajstić information content (AvgIpc) is 2.76. The molecule has 0 unspecified atom stereocenters. The Balaban J connectivity index is 2.08. The lowest BCUT2D eigenvalue weighted by atomic mass is 10.1. The fraction of sp³-hybridized carbons (Fsp3) is 0.231. The number of rotatable bonds is 1. The highest BCUT2D eigenvalue weighted by molar-refractivity contribution is 5.96. The van der Waals surface area contributed by atoms with E-state index in [2.05, 4.69) is 5.10 Å². The van der Waals surface area contributed by atoms with Crippen molar-refractivity contribution in [2.24, 2.45) is 0 Å². The Morgan fingerprint density at radius 1 is 1.19 bits per heavy atom. The van der Waals surface area contributed by atoms with Crippen LogP contribution in [-0.4, -0.2) is 15.6 Å². The van der Waals surface area contributed by atoms with Crippen molar-refractivity contribution in [1.82, 2.24) is 9.78 Å². The fourth-order valence-electron chi connectivity index (χ4n) is 2.08. The minimum Gasteiger partial charge on any atom is -0.292 e. The highest BCUT2D eigenvalue weighted by atomic mass is 16.1. The first-order chi connectivity index (χ1) is 7.84. The SMILES string of the molecule is O=C1CCCn2nc(-c3ccccc3)cc21. The summed E-state index contributed by atoms with van der Waals surface area (Å²) in [7, 11) is 0. The maximum absolute atomic E-state index is 11.7. The third kappa shape index (κ3) is 1.45. The van der Waals surface area contributed by atoms with Crippen molar-refractivity contribution in [2.75, 3.05) is 0 Å². The molecular formula is C13H12N2O. The maximum Gasteiger partial charge on any atom is 0.180 e. The first kappa shape index (κ1) is 9.33. The van der Waals surface area contributed by atoms with Gasteiger partial charge in [-0.1, -0.05) is 30.3 Å². The first-order valence-electron chi connectivity index (χ1n) is 5.51. The molecular weight excluding hydrogens is 200 g/mol. The van der Waals surface area contributed by atoms with Crippen LogP contribution in [0.25, 0.3) is 11.3 Å². The average molecular weight is 212 g/mol. The third-order valence-electron chi connectivity index (χ3n) is 2.91. The summed E-state index contributed by atoms with van der Waals surface area (Å²) in [6, 6.07) is 11.9. The molecule has 1 aliphatic heterocycles. The summed E-state index contributed by atoms with van der Waals surface area (Å²) in [4.78, 5) is 11.7. The smallest absolute Gasteiger partial charge is 0.180 e. The van der Waals surface area contributed by atoms with E-state index < -0.39 is 0 Å². The van der Waals surface area contributed by atoms with Crippen molar-refractivity contribution in [3.8, 4) is 11.3 Å². The van der Waals surface area contributed by atoms with Gasteiger partial charge in [-0.25, -0.2) is 0 Å². The molecule has 0 saturated heterocycles. The standard InChI is InChI=1S/C13H12N2O/c16-13-7-4-8-15-12(13)9-11(14-15)10-5-2-1-3-6-10/h1-3,5-6,9H,4,7-8H2. The van der Waals surface area contributed by atoms with E-state index >= 15 is 0 Å². The van der Waals surface area contributed by atoms with Crippen LogP contribution in [0.3, 0.4) is 0 Å². The molecule has 1 aliphatic rings. The predicted octanol–water partition coefficient (Wildman–Crippen LogP) is 2.53. The van der Waals surface area contributed by atoms with Crippen LogP contribution in [0.2, 0.25) is 0 Å². The van der Waals surface area contributed by atoms with Gasteiger partial charge in [-0.15, -0.1) is 0 Å². The minimum atomic E-state index is 0.209. The van der Waals surface area contributed by atoms with Crippen LogP contribution in [0, 0.1) is 0 Å². The van der Waals surface area contributed by atoms with Crippen molar-refractivity contribution >= 4 is 5.78 Å². The van der Waals surface area contributed by atoms with Crippen LogP contribution >= 0.6 is 0 Å². The van der Waals surface area contributed by atoms with Crippen LogP contribution in [-0.2, 0) is 6.54 Å². The molecule has 3 nitrogen and oxygen atoms in total. The van der Waals surface area contributed by atoms with Gasteiger partial charge in [0, 0.05) is 18.5 Å². The molecule has 0 radical (unpaired) electrons. The summed E-state index contributed by atoms with van der Waals surface area (Å²) in [6.45, 7) is 0.855. The number of carbonyl (C=O) groups excluding carboxylic acids is 1. The van der Waals surface area contributed by atoms with E-state index in [1.807, 2.05) is 41.1 Å². The molecule has 0 fully saturated rings. The highest BCUT2D eigenvalue weighted by Gasteiger charge is 2.19. The summed E-state index contributed by atoms with van der Waals surface area (Å²) in [6.07, 6.45) is 1.56. The second-order valence-corrected chi connectivity index (χ2v) is 4.03. The molecule has 0 N–H and O–H groups in total. The van der Waals surface area contributed by atoms with Gasteiger partial charge in [0.1, 0.15) is 5.69 Å². The molecule has 0 amide bonds. The fourth-order valence-corrected chi connectivity index (χ4v) is 2.08. The monoisotopic (exact) mass is 212 g/mol. The first-order valence-corrected chi connectivity index (χ1v) is 5.51. The predicted molar refractivity (Wildman–Crippen MR) is 61.2 cm³/mol. The number of Topliss-reactive ketones (excluding diaryl/α,β-unsaturated/α-hetero) is 1. The Labute approximate surface area is 93.7 Å². The van der Waals surface area contributed by atoms with E-state index in [1.54, 1.807) is 0 Å². The third-order valence-corrected chi connectivity index (χ3v) is 2.91. The molecule has 0 atom stereocenters. The lowest BCUT2D eigenvalue weighted by Gasteiger charge is -2.10. The van der Waals surface area contributed by atoms with Gasteiger partial charge in [-0.05, 0) is 12.5 Å². The van der Waals surface area contributed by atoms with Gasteiger partial charge in [0.25, 0.3) is 0 Å². The highest BCUT2D eigenvalue weighted by Crippen LogP contribution is 2.22. The molecule has 3 heteroatoms. The summed E-state index contributed by atoms with van der Waals surface area (Å²) < 4.78 is 1.83. The van der Waals surface area contributed by atoms with Gasteiger partial charge < -0.3 is 0 Å². The molecule has 1 aromatic carbocycles. The molecule has 80 valence electrons. The Bertz CT molecular complexity index is 528. The van der Waals surface area contributed by atoms with Crippen LogP contribution in [0.15, 0.2) is 36.4 Å². The van der Waals surface area contributed by atoms with Crippen LogP contribution in [0.5, 0.6) is 0 Å². The number of nitrogens with zero attached hydrogens (tertiary/aromatic N) is 2. The molecule has 3 rings (SSSR count). The van der Waals surface area contributed by atoms with E-state index in [0.29, 0.717) is 6.42 Å². The molecule has 2 heterocycles. The molecule has 2 aromatic rings. The van der Waals surface area contributed by atoms with E-state index in [1.165, 1.54) is 0 Å². The number of hydrogen-bond acceptors (Lipinski definition) is 2. The number of benzene rings is 1.